The predicted octanol–water partition coefficient (Wildman–Crippen LogP) is 1.84. The van der Waals surface area contributed by atoms with Crippen LogP contribution in [0.3, 0.4) is 0 Å². The molecule has 0 saturated carbocycles. The number of sulfonamides is 1. The van der Waals surface area contributed by atoms with Crippen molar-refractivity contribution in [3.8, 4) is 0 Å². The van der Waals surface area contributed by atoms with E-state index in [1.54, 1.807) is 12.3 Å². The smallest absolute Gasteiger partial charge is 0.341 e. The van der Waals surface area contributed by atoms with Crippen molar-refractivity contribution in [2.45, 2.75) is 11.8 Å². The van der Waals surface area contributed by atoms with Gasteiger partial charge in [-0.1, -0.05) is 0 Å². The highest BCUT2D eigenvalue weighted by molar-refractivity contribution is 7.89. The van der Waals surface area contributed by atoms with Gasteiger partial charge in [0, 0.05) is 11.0 Å². The molecule has 0 spiro atoms. The number of nitrogens with zero attached hydrogens (tertiary/aromatic N) is 1. The summed E-state index contributed by atoms with van der Waals surface area (Å²) in [4.78, 5) is 14.9. The number of hydrogen-bond acceptors (Lipinski definition) is 6. The van der Waals surface area contributed by atoms with Crippen molar-refractivity contribution in [2.75, 3.05) is 6.61 Å². The van der Waals surface area contributed by atoms with Gasteiger partial charge in [-0.3, -0.25) is 0 Å². The Kier molecular flexibility index (Phi) is 3.98. The number of primary sulfonamides is 1. The van der Waals surface area contributed by atoms with E-state index < -0.39 is 32.5 Å². The Balaban J connectivity index is 2.21. The van der Waals surface area contributed by atoms with Crippen LogP contribution < -0.4 is 5.14 Å². The number of halogens is 2. The van der Waals surface area contributed by atoms with Crippen molar-refractivity contribution in [1.82, 2.24) is 4.98 Å². The fourth-order valence-corrected chi connectivity index (χ4v) is 3.64. The Hall–Kier alpha value is -2.17. The summed E-state index contributed by atoms with van der Waals surface area (Å²) in [6.07, 6.45) is 0. The molecule has 0 fully saturated rings. The lowest BCUT2D eigenvalue weighted by atomic mass is 10.0. The zero-order valence-corrected chi connectivity index (χ0v) is 13.8. The van der Waals surface area contributed by atoms with Gasteiger partial charge < -0.3 is 4.74 Å². The van der Waals surface area contributed by atoms with Gasteiger partial charge >= 0.3 is 5.97 Å². The highest BCUT2D eigenvalue weighted by Crippen LogP contribution is 2.34. The average molecular weight is 372 g/mol. The summed E-state index contributed by atoms with van der Waals surface area (Å²) >= 11 is 1.31. The highest BCUT2D eigenvalue weighted by Gasteiger charge is 2.31. The van der Waals surface area contributed by atoms with Gasteiger partial charge in [-0.05, 0) is 24.6 Å². The maximum atomic E-state index is 14.0. The minimum atomic E-state index is -4.55. The van der Waals surface area contributed by atoms with E-state index >= 15 is 0 Å². The Morgan fingerprint density at radius 2 is 1.92 bits per heavy atom. The van der Waals surface area contributed by atoms with Crippen LogP contribution >= 0.6 is 11.3 Å². The number of benzene rings is 1. The second-order valence-corrected chi connectivity index (χ2v) is 7.56. The summed E-state index contributed by atoms with van der Waals surface area (Å²) in [5.74, 6) is -3.34. The van der Waals surface area contributed by atoms with Crippen LogP contribution in [0.5, 0.6) is 0 Å². The quantitative estimate of drug-likeness (QED) is 0.829. The van der Waals surface area contributed by atoms with Crippen LogP contribution in [-0.4, -0.2) is 26.0 Å². The van der Waals surface area contributed by atoms with Gasteiger partial charge in [0.15, 0.2) is 4.90 Å². The molecule has 1 aromatic heterocycles. The van der Waals surface area contributed by atoms with Gasteiger partial charge in [0.25, 0.3) is 0 Å². The molecule has 1 aliphatic rings. The molecule has 0 saturated heterocycles. The van der Waals surface area contributed by atoms with Gasteiger partial charge in [0.2, 0.25) is 10.0 Å². The SMILES string of the molecule is Cc1nc(C2=C(c3cc(F)c(S(N)(=O)=O)c(F)c3)COC2=O)cs1. The van der Waals surface area contributed by atoms with Crippen LogP contribution in [0.1, 0.15) is 16.3 Å². The predicted molar refractivity (Wildman–Crippen MR) is 82.4 cm³/mol. The number of nitrogens with two attached hydrogens (primary N) is 1. The first-order valence-electron chi connectivity index (χ1n) is 6.53. The monoisotopic (exact) mass is 372 g/mol. The minimum absolute atomic E-state index is 0.0103. The number of aromatic nitrogens is 1. The van der Waals surface area contributed by atoms with Gasteiger partial charge in [-0.2, -0.15) is 0 Å². The molecule has 6 nitrogen and oxygen atoms in total. The molecule has 2 aromatic rings. The van der Waals surface area contributed by atoms with Crippen LogP contribution in [0.15, 0.2) is 22.4 Å². The van der Waals surface area contributed by atoms with E-state index in [0.29, 0.717) is 10.7 Å². The van der Waals surface area contributed by atoms with Crippen molar-refractivity contribution in [2.24, 2.45) is 5.14 Å². The third-order valence-electron chi connectivity index (χ3n) is 3.36. The maximum Gasteiger partial charge on any atom is 0.341 e. The summed E-state index contributed by atoms with van der Waals surface area (Å²) in [6.45, 7) is 1.55. The Morgan fingerprint density at radius 3 is 2.42 bits per heavy atom. The molecular formula is C14H10F2N2O4S2. The third kappa shape index (κ3) is 2.83. The number of ether oxygens (including phenoxy) is 1. The number of thiazole rings is 1. The summed E-state index contributed by atoms with van der Waals surface area (Å²) < 4.78 is 55.5. The molecule has 0 radical (unpaired) electrons. The lowest BCUT2D eigenvalue weighted by molar-refractivity contribution is -0.133. The summed E-state index contributed by atoms with van der Waals surface area (Å²) in [6, 6.07) is 1.61. The normalized spacial score (nSPS) is 15.1. The Bertz CT molecular complexity index is 973. The van der Waals surface area contributed by atoms with Crippen LogP contribution in [0, 0.1) is 18.6 Å². The van der Waals surface area contributed by atoms with Crippen molar-refractivity contribution >= 4 is 38.5 Å². The van der Waals surface area contributed by atoms with E-state index in [1.165, 1.54) is 11.3 Å². The van der Waals surface area contributed by atoms with Crippen LogP contribution in [0.25, 0.3) is 11.1 Å². The summed E-state index contributed by atoms with van der Waals surface area (Å²) in [5.41, 5.74) is 0.654. The number of cyclic esters (lactones) is 1. The number of hydrogen-bond donors (Lipinski definition) is 1. The summed E-state index contributed by atoms with van der Waals surface area (Å²) in [7, 11) is -4.55. The zero-order valence-electron chi connectivity index (χ0n) is 12.2. The van der Waals surface area contributed by atoms with E-state index in [2.05, 4.69) is 4.98 Å². The van der Waals surface area contributed by atoms with Crippen LogP contribution in [0.4, 0.5) is 8.78 Å². The van der Waals surface area contributed by atoms with Crippen LogP contribution in [0.2, 0.25) is 0 Å². The number of carbonyl (C=O) groups is 1. The van der Waals surface area contributed by atoms with Gasteiger partial charge in [-0.25, -0.2) is 32.1 Å². The number of esters is 1. The van der Waals surface area contributed by atoms with Crippen molar-refractivity contribution in [3.05, 3.63) is 45.4 Å². The lowest BCUT2D eigenvalue weighted by Crippen LogP contribution is -2.16. The number of rotatable bonds is 3. The first-order valence-corrected chi connectivity index (χ1v) is 8.96. The molecule has 3 rings (SSSR count). The van der Waals surface area contributed by atoms with Crippen LogP contribution in [-0.2, 0) is 19.6 Å². The second-order valence-electron chi connectivity index (χ2n) is 5.00. The Labute approximate surface area is 139 Å². The molecule has 0 aliphatic carbocycles. The minimum Gasteiger partial charge on any atom is -0.457 e. The van der Waals surface area contributed by atoms with Crippen molar-refractivity contribution in [3.63, 3.8) is 0 Å². The largest absolute Gasteiger partial charge is 0.457 e. The molecule has 0 atom stereocenters. The number of aryl methyl sites for hydroxylation is 1. The second kappa shape index (κ2) is 5.72. The molecule has 2 N–H and O–H groups in total. The molecule has 10 heteroatoms. The topological polar surface area (TPSA) is 99.3 Å². The Morgan fingerprint density at radius 1 is 1.29 bits per heavy atom. The van der Waals surface area contributed by atoms with Gasteiger partial charge in [0.05, 0.1) is 16.3 Å². The van der Waals surface area contributed by atoms with Gasteiger partial charge in [-0.15, -0.1) is 11.3 Å². The van der Waals surface area contributed by atoms with E-state index in [4.69, 9.17) is 9.88 Å². The van der Waals surface area contributed by atoms with E-state index in [1.807, 2.05) is 0 Å². The highest BCUT2D eigenvalue weighted by atomic mass is 32.2. The molecule has 0 amide bonds. The van der Waals surface area contributed by atoms with Crippen molar-refractivity contribution < 1.29 is 26.7 Å². The van der Waals surface area contributed by atoms with E-state index in [9.17, 15) is 22.0 Å². The standard InChI is InChI=1S/C14H10F2N2O4S2/c1-6-18-11(5-23-6)12-8(4-22-14(12)19)7-2-9(15)13(10(16)3-7)24(17,20)21/h2-3,5H,4H2,1H3,(H2,17,20,21). The van der Waals surface area contributed by atoms with Crippen molar-refractivity contribution in [1.29, 1.82) is 0 Å². The zero-order chi connectivity index (χ0) is 17.6. The fourth-order valence-electron chi connectivity index (χ4n) is 2.38. The molecule has 1 aromatic carbocycles. The van der Waals surface area contributed by atoms with E-state index in [-0.39, 0.29) is 23.3 Å². The first-order chi connectivity index (χ1) is 11.2. The number of carbonyl (C=O) groups excluding carboxylic acids is 1. The molecule has 126 valence electrons. The molecular weight excluding hydrogens is 362 g/mol. The van der Waals surface area contributed by atoms with E-state index in [0.717, 1.165) is 12.1 Å². The molecule has 0 bridgehead atoms. The molecule has 0 unspecified atom stereocenters. The first kappa shape index (κ1) is 16.7. The fraction of sp³-hybridized carbons (Fsp3) is 0.143. The maximum absolute atomic E-state index is 14.0. The third-order valence-corrected chi connectivity index (χ3v) is 5.09. The molecule has 2 heterocycles. The molecule has 24 heavy (non-hydrogen) atoms. The summed E-state index contributed by atoms with van der Waals surface area (Å²) in [5, 5.41) is 7.13. The van der Waals surface area contributed by atoms with Gasteiger partial charge in [0.1, 0.15) is 18.2 Å². The average Bonchev–Trinajstić information content (AvgIpc) is 3.02. The lowest BCUT2D eigenvalue weighted by Gasteiger charge is -2.07. The molecule has 1 aliphatic heterocycles.